The molecule has 0 unspecified atom stereocenters. The number of fused-ring (bicyclic) bond motifs is 1. The van der Waals surface area contributed by atoms with Gasteiger partial charge in [0.2, 0.25) is 0 Å². The Kier molecular flexibility index (Phi) is 5.67. The quantitative estimate of drug-likeness (QED) is 0.404. The minimum Gasteiger partial charge on any atom is -0.497 e. The van der Waals surface area contributed by atoms with E-state index in [1.54, 1.807) is 49.6 Å². The van der Waals surface area contributed by atoms with Crippen LogP contribution in [-0.2, 0) is 0 Å². The third-order valence-corrected chi connectivity index (χ3v) is 6.61. The summed E-state index contributed by atoms with van der Waals surface area (Å²) in [5.74, 6) is 1.38. The summed E-state index contributed by atoms with van der Waals surface area (Å²) in [6, 6.07) is 11.5. The molecule has 2 aliphatic rings. The van der Waals surface area contributed by atoms with Crippen molar-refractivity contribution < 1.29 is 19.0 Å². The minimum atomic E-state index is -0.770. The molecule has 0 aliphatic carbocycles. The van der Waals surface area contributed by atoms with Crippen molar-refractivity contribution in [2.75, 3.05) is 19.5 Å². The first-order chi connectivity index (χ1) is 14.5. The number of rotatable bonds is 5. The predicted molar refractivity (Wildman–Crippen MR) is 119 cm³/mol. The van der Waals surface area contributed by atoms with E-state index in [2.05, 4.69) is 5.32 Å². The molecule has 0 atom stereocenters. The number of benzene rings is 2. The first-order valence-electron chi connectivity index (χ1n) is 8.61. The van der Waals surface area contributed by atoms with E-state index < -0.39 is 6.09 Å². The summed E-state index contributed by atoms with van der Waals surface area (Å²) in [6.07, 6.45) is -0.770. The molecule has 1 amide bonds. The van der Waals surface area contributed by atoms with E-state index in [9.17, 15) is 9.59 Å². The summed E-state index contributed by atoms with van der Waals surface area (Å²) >= 11 is 5.84. The molecule has 0 fully saturated rings. The van der Waals surface area contributed by atoms with Crippen molar-refractivity contribution in [1.29, 1.82) is 0 Å². The summed E-state index contributed by atoms with van der Waals surface area (Å²) in [4.78, 5) is 26.2. The van der Waals surface area contributed by atoms with Crippen molar-refractivity contribution in [1.82, 2.24) is 4.57 Å². The van der Waals surface area contributed by atoms with Crippen LogP contribution in [0.1, 0.15) is 0 Å². The van der Waals surface area contributed by atoms with Crippen molar-refractivity contribution in [2.45, 2.75) is 0 Å². The van der Waals surface area contributed by atoms with Gasteiger partial charge in [0, 0.05) is 16.5 Å². The number of methoxy groups -OCH3 is 2. The number of ether oxygens (including phenoxy) is 3. The number of hydrogen-bond donors (Lipinski definition) is 1. The fourth-order valence-corrected chi connectivity index (χ4v) is 5.24. The van der Waals surface area contributed by atoms with Crippen LogP contribution in [0.15, 0.2) is 52.6 Å². The standard InChI is InChI=1S/C20H15ClN2O5S2/c1-26-13-7-8-14(16(9-13)27-2)23-15-10-29-30-18(15)17(19(23)24)22-20(25)28-12-5-3-11(21)4-6-12/h3-10H,1-2H3,(H,22,25). The van der Waals surface area contributed by atoms with Crippen LogP contribution in [0.2, 0.25) is 5.02 Å². The second kappa shape index (κ2) is 8.39. The number of carbonyl (C=O) groups excluding carboxylic acids is 1. The van der Waals surface area contributed by atoms with Gasteiger partial charge >= 0.3 is 6.09 Å². The Morgan fingerprint density at radius 1 is 1.07 bits per heavy atom. The molecule has 1 N–H and O–H groups in total. The number of nitrogens with zero attached hydrogens (tertiary/aromatic N) is 1. The highest BCUT2D eigenvalue weighted by molar-refractivity contribution is 7.70. The highest BCUT2D eigenvalue weighted by atomic mass is 35.5. The lowest BCUT2D eigenvalue weighted by Crippen LogP contribution is -2.23. The second-order valence-electron chi connectivity index (χ2n) is 6.03. The van der Waals surface area contributed by atoms with Gasteiger partial charge in [0.1, 0.15) is 22.9 Å². The predicted octanol–water partition coefficient (Wildman–Crippen LogP) is 5.35. The molecule has 0 spiro atoms. The van der Waals surface area contributed by atoms with Crippen LogP contribution < -0.4 is 25.1 Å². The highest BCUT2D eigenvalue weighted by Crippen LogP contribution is 2.40. The minimum absolute atomic E-state index is 0.146. The van der Waals surface area contributed by atoms with Gasteiger partial charge in [-0.15, -0.1) is 0 Å². The Morgan fingerprint density at radius 3 is 2.50 bits per heavy atom. The van der Waals surface area contributed by atoms with E-state index in [0.717, 1.165) is 0 Å². The molecule has 154 valence electrons. The molecule has 2 aliphatic heterocycles. The van der Waals surface area contributed by atoms with E-state index in [1.807, 2.05) is 5.38 Å². The Labute approximate surface area is 183 Å². The molecule has 4 rings (SSSR count). The Hall–Kier alpha value is -3.01. The van der Waals surface area contributed by atoms with Gasteiger partial charge in [-0.1, -0.05) is 32.3 Å². The van der Waals surface area contributed by atoms with E-state index >= 15 is 0 Å². The smallest absolute Gasteiger partial charge is 0.417 e. The Balaban J connectivity index is 1.70. The summed E-state index contributed by atoms with van der Waals surface area (Å²) in [5.41, 5.74) is 0.965. The maximum atomic E-state index is 13.2. The van der Waals surface area contributed by atoms with Gasteiger partial charge in [-0.25, -0.2) is 4.79 Å². The number of hydrogen-bond acceptors (Lipinski definition) is 7. The topological polar surface area (TPSA) is 78.8 Å². The van der Waals surface area contributed by atoms with Gasteiger partial charge in [0.25, 0.3) is 5.56 Å². The molecule has 2 heterocycles. The fourth-order valence-electron chi connectivity index (χ4n) is 2.91. The summed E-state index contributed by atoms with van der Waals surface area (Å²) in [5, 5.41) is 4.95. The lowest BCUT2D eigenvalue weighted by Gasteiger charge is -2.11. The third kappa shape index (κ3) is 3.74. The fraction of sp³-hybridized carbons (Fsp3) is 0.100. The molecular formula is C20H15ClN2O5S2. The van der Waals surface area contributed by atoms with Crippen molar-refractivity contribution in [2.24, 2.45) is 0 Å². The molecular weight excluding hydrogens is 448 g/mol. The van der Waals surface area contributed by atoms with E-state index in [0.29, 0.717) is 38.5 Å². The number of halogens is 1. The van der Waals surface area contributed by atoms with Gasteiger partial charge in [-0.3, -0.25) is 14.7 Å². The summed E-state index contributed by atoms with van der Waals surface area (Å²) in [6.45, 7) is 0. The summed E-state index contributed by atoms with van der Waals surface area (Å²) in [7, 11) is 5.91. The Morgan fingerprint density at radius 2 is 1.80 bits per heavy atom. The van der Waals surface area contributed by atoms with Gasteiger partial charge in [-0.05, 0) is 36.4 Å². The van der Waals surface area contributed by atoms with E-state index in [1.165, 1.54) is 32.4 Å². The zero-order valence-electron chi connectivity index (χ0n) is 15.8. The SMILES string of the molecule is COc1ccc(-n2c3cssc-3c(NC(=O)Oc3ccc(Cl)cc3)c2=O)c(OC)c1. The molecule has 0 bridgehead atoms. The normalized spacial score (nSPS) is 10.8. The van der Waals surface area contributed by atoms with Crippen molar-refractivity contribution in [3.8, 4) is 33.5 Å². The maximum absolute atomic E-state index is 13.2. The second-order valence-corrected chi connectivity index (χ2v) is 8.55. The number of amides is 1. The van der Waals surface area contributed by atoms with Crippen molar-refractivity contribution >= 4 is 44.1 Å². The van der Waals surface area contributed by atoms with Crippen LogP contribution in [0.3, 0.4) is 0 Å². The Bertz CT molecular complexity index is 1230. The first-order valence-corrected chi connectivity index (χ1v) is 11.2. The molecule has 0 saturated heterocycles. The zero-order valence-corrected chi connectivity index (χ0v) is 18.2. The maximum Gasteiger partial charge on any atom is 0.417 e. The zero-order chi connectivity index (χ0) is 21.3. The summed E-state index contributed by atoms with van der Waals surface area (Å²) < 4.78 is 17.4. The molecule has 0 aromatic heterocycles. The number of carbonyl (C=O) groups is 1. The third-order valence-electron chi connectivity index (χ3n) is 4.29. The average Bonchev–Trinajstić information content (AvgIpc) is 3.31. The van der Waals surface area contributed by atoms with E-state index in [4.69, 9.17) is 25.8 Å². The molecule has 0 saturated carbocycles. The van der Waals surface area contributed by atoms with Gasteiger partial charge < -0.3 is 14.2 Å². The van der Waals surface area contributed by atoms with Crippen LogP contribution in [0, 0.1) is 0 Å². The number of anilines is 1. The molecule has 7 nitrogen and oxygen atoms in total. The highest BCUT2D eigenvalue weighted by Gasteiger charge is 2.27. The number of nitrogens with one attached hydrogen (secondary N) is 1. The molecule has 10 heteroatoms. The molecule has 30 heavy (non-hydrogen) atoms. The monoisotopic (exact) mass is 462 g/mol. The van der Waals surface area contributed by atoms with Crippen LogP contribution in [-0.4, -0.2) is 24.9 Å². The van der Waals surface area contributed by atoms with Crippen LogP contribution in [0.25, 0.3) is 16.3 Å². The molecule has 2 aromatic rings. The average molecular weight is 463 g/mol. The largest absolute Gasteiger partial charge is 0.497 e. The van der Waals surface area contributed by atoms with Crippen LogP contribution in [0.5, 0.6) is 17.2 Å². The van der Waals surface area contributed by atoms with Crippen LogP contribution in [0.4, 0.5) is 10.5 Å². The lowest BCUT2D eigenvalue weighted by molar-refractivity contribution is 0.215. The van der Waals surface area contributed by atoms with Crippen molar-refractivity contribution in [3.63, 3.8) is 0 Å². The van der Waals surface area contributed by atoms with Gasteiger partial charge in [0.05, 0.1) is 30.5 Å². The number of aromatic nitrogens is 1. The first kappa shape index (κ1) is 20.3. The lowest BCUT2D eigenvalue weighted by atomic mass is 10.2. The molecule has 0 radical (unpaired) electrons. The van der Waals surface area contributed by atoms with Crippen molar-refractivity contribution in [3.05, 3.63) is 63.2 Å². The van der Waals surface area contributed by atoms with Gasteiger partial charge in [-0.2, -0.15) is 0 Å². The van der Waals surface area contributed by atoms with E-state index in [-0.39, 0.29) is 11.2 Å². The van der Waals surface area contributed by atoms with Gasteiger partial charge in [0.15, 0.2) is 0 Å². The van der Waals surface area contributed by atoms with Crippen LogP contribution >= 0.6 is 32.3 Å². The molecule has 2 aromatic carbocycles.